The van der Waals surface area contributed by atoms with Gasteiger partial charge in [0.2, 0.25) is 5.79 Å². The van der Waals surface area contributed by atoms with E-state index in [-0.39, 0.29) is 75.5 Å². The highest BCUT2D eigenvalue weighted by Crippen LogP contribution is 2.62. The predicted octanol–water partition coefficient (Wildman–Crippen LogP) is 9.70. The Hall–Kier alpha value is -4.94. The lowest BCUT2D eigenvalue weighted by atomic mass is 9.55. The number of unbranched alkanes of at least 4 members (excludes halogenated alkanes) is 2. The number of nitrogens with zero attached hydrogens (tertiary/aromatic N) is 2. The second-order valence-corrected chi connectivity index (χ2v) is 16.3. The molecular weight excluding hydrogens is 799 g/mol. The topological polar surface area (TPSA) is 119 Å². The maximum atomic E-state index is 14.7. The van der Waals surface area contributed by atoms with Crippen LogP contribution in [0.25, 0.3) is 10.8 Å². The number of aliphatic hydroxyl groups is 2. The third kappa shape index (κ3) is 9.45. The number of rotatable bonds is 20. The highest BCUT2D eigenvalue weighted by molar-refractivity contribution is 6.18. The maximum absolute atomic E-state index is 14.7. The van der Waals surface area contributed by atoms with Crippen LogP contribution in [0.2, 0.25) is 0 Å². The van der Waals surface area contributed by atoms with Gasteiger partial charge in [0.15, 0.2) is 0 Å². The van der Waals surface area contributed by atoms with Crippen LogP contribution in [-0.2, 0) is 27.5 Å². The normalized spacial score (nSPS) is 23.3. The molecule has 0 aromatic heterocycles. The van der Waals surface area contributed by atoms with Gasteiger partial charge < -0.3 is 34.0 Å². The molecule has 0 radical (unpaired) electrons. The number of hydrogen-bond acceptors (Lipinski definition) is 9. The van der Waals surface area contributed by atoms with Crippen molar-refractivity contribution in [2.45, 2.75) is 75.8 Å². The molecule has 1 saturated carbocycles. The Kier molecular flexibility index (Phi) is 15.0. The van der Waals surface area contributed by atoms with E-state index in [1.165, 1.54) is 13.2 Å². The molecule has 0 saturated heterocycles. The van der Waals surface area contributed by atoms with E-state index >= 15 is 0 Å². The number of alkyl halides is 1. The van der Waals surface area contributed by atoms with Gasteiger partial charge >= 0.3 is 6.09 Å². The zero-order valence-corrected chi connectivity index (χ0v) is 35.5. The summed E-state index contributed by atoms with van der Waals surface area (Å²) in [5, 5.41) is 26.5. The number of ether oxygens (including phenoxy) is 4. The van der Waals surface area contributed by atoms with E-state index in [1.54, 1.807) is 29.2 Å². The summed E-state index contributed by atoms with van der Waals surface area (Å²) in [7, 11) is 1.52. The third-order valence-corrected chi connectivity index (χ3v) is 12.5. The molecule has 1 fully saturated rings. The van der Waals surface area contributed by atoms with Crippen LogP contribution in [0.1, 0.15) is 67.6 Å². The number of halogens is 2. The number of hydrogen-bond donors (Lipinski definition) is 2. The minimum Gasteiger partial charge on any atom is -0.489 e. The molecule has 0 bridgehead atoms. The highest BCUT2D eigenvalue weighted by Gasteiger charge is 2.65. The maximum Gasteiger partial charge on any atom is 0.410 e. The Balaban J connectivity index is 1.43. The summed E-state index contributed by atoms with van der Waals surface area (Å²) >= 11 is 6.11. The number of benzene rings is 4. The standard InChI is InChI=1S/C49H56ClFN2O8/c1-3-26-60-49-45(53(48(56)58-27-23-50)31-35-17-12-16-33-13-4-6-18-38(33)35)30-43(52-57-2)40-28-34(14-8-10-24-54)39(19-9-11-25-55)46(47(40)49)41-29-37(21-22-44(41)61-49)59-32-36-15-5-7-20-42(36)51/h3-7,12-13,15-18,20-22,28-29,34,39,45-47,54-55H,1,8-11,14,19,23-27,30-32H2,2H3/t34-,39+,45-,46+,47+,49+/m0/s1. The summed E-state index contributed by atoms with van der Waals surface area (Å²) in [5.74, 6) is -1.35. The number of amides is 1. The molecule has 12 heteroatoms. The molecule has 4 aromatic carbocycles. The van der Waals surface area contributed by atoms with E-state index in [0.717, 1.165) is 53.2 Å². The largest absolute Gasteiger partial charge is 0.489 e. The molecular formula is C49H56ClFN2O8. The lowest BCUT2D eigenvalue weighted by Gasteiger charge is -2.59. The number of carbonyl (C=O) groups is 1. The van der Waals surface area contributed by atoms with Crippen molar-refractivity contribution in [3.05, 3.63) is 132 Å². The molecule has 1 aliphatic heterocycles. The van der Waals surface area contributed by atoms with Crippen molar-refractivity contribution in [1.29, 1.82) is 0 Å². The SMILES string of the molecule is C=CCO[C@@]12Oc3ccc(OCc4ccccc4F)cc3[C@H]3[C@H](CCCCO)[C@@H](CCCCO)C=C(C(=NOC)C[C@@H]1N(Cc1cccc4ccccc14)C(=O)OCCCl)[C@H]32. The van der Waals surface area contributed by atoms with E-state index in [0.29, 0.717) is 35.6 Å². The Morgan fingerprint density at radius 2 is 1.75 bits per heavy atom. The zero-order chi connectivity index (χ0) is 42.8. The van der Waals surface area contributed by atoms with E-state index in [9.17, 15) is 19.4 Å². The highest BCUT2D eigenvalue weighted by atomic mass is 35.5. The van der Waals surface area contributed by atoms with Crippen molar-refractivity contribution < 1.29 is 43.2 Å². The van der Waals surface area contributed by atoms with Crippen LogP contribution in [0.15, 0.2) is 114 Å². The molecule has 2 aliphatic carbocycles. The van der Waals surface area contributed by atoms with Crippen LogP contribution < -0.4 is 9.47 Å². The van der Waals surface area contributed by atoms with Gasteiger partial charge in [-0.05, 0) is 83.7 Å². The van der Waals surface area contributed by atoms with Gasteiger partial charge in [0.05, 0.1) is 30.7 Å². The van der Waals surface area contributed by atoms with Crippen LogP contribution in [0.3, 0.4) is 0 Å². The summed E-state index contributed by atoms with van der Waals surface area (Å²) in [6.07, 6.45) is 8.03. The fraction of sp³-hybridized carbons (Fsp3) is 0.429. The van der Waals surface area contributed by atoms with Crippen molar-refractivity contribution in [1.82, 2.24) is 4.90 Å². The summed E-state index contributed by atoms with van der Waals surface area (Å²) in [4.78, 5) is 21.9. The molecule has 1 amide bonds. The molecule has 10 nitrogen and oxygen atoms in total. The molecule has 324 valence electrons. The van der Waals surface area contributed by atoms with Gasteiger partial charge in [-0.25, -0.2) is 9.18 Å². The van der Waals surface area contributed by atoms with Crippen molar-refractivity contribution in [2.75, 3.05) is 39.4 Å². The number of oxime groups is 1. The van der Waals surface area contributed by atoms with Crippen LogP contribution in [-0.4, -0.2) is 78.2 Å². The molecule has 7 rings (SSSR count). The Morgan fingerprint density at radius 3 is 2.52 bits per heavy atom. The molecule has 2 N–H and O–H groups in total. The first kappa shape index (κ1) is 44.1. The first-order valence-corrected chi connectivity index (χ1v) is 21.8. The van der Waals surface area contributed by atoms with Gasteiger partial charge in [-0.2, -0.15) is 0 Å². The van der Waals surface area contributed by atoms with Gasteiger partial charge in [0.25, 0.3) is 0 Å². The first-order chi connectivity index (χ1) is 29.9. The third-order valence-electron chi connectivity index (χ3n) is 12.3. The Bertz CT molecular complexity index is 2190. The van der Waals surface area contributed by atoms with Crippen molar-refractivity contribution in [2.24, 2.45) is 22.9 Å². The Morgan fingerprint density at radius 1 is 1.00 bits per heavy atom. The van der Waals surface area contributed by atoms with Gasteiger partial charge in [-0.1, -0.05) is 90.8 Å². The minimum atomic E-state index is -1.49. The smallest absolute Gasteiger partial charge is 0.410 e. The van der Waals surface area contributed by atoms with Gasteiger partial charge in [0, 0.05) is 36.7 Å². The van der Waals surface area contributed by atoms with E-state index < -0.39 is 23.8 Å². The van der Waals surface area contributed by atoms with Crippen molar-refractivity contribution >= 4 is 34.2 Å². The van der Waals surface area contributed by atoms with E-state index in [4.69, 9.17) is 35.4 Å². The quantitative estimate of drug-likeness (QED) is 0.0391. The van der Waals surface area contributed by atoms with Crippen LogP contribution in [0, 0.1) is 23.6 Å². The molecule has 0 spiro atoms. The van der Waals surface area contributed by atoms with Crippen molar-refractivity contribution in [3.63, 3.8) is 0 Å². The lowest BCUT2D eigenvalue weighted by Crippen LogP contribution is -2.70. The van der Waals surface area contributed by atoms with Gasteiger partial charge in [-0.15, -0.1) is 18.2 Å². The number of fused-ring (bicyclic) bond motifs is 3. The minimum absolute atomic E-state index is 0.00230. The average molecular weight is 855 g/mol. The molecule has 3 aliphatic rings. The molecule has 4 aromatic rings. The lowest BCUT2D eigenvalue weighted by molar-refractivity contribution is -0.256. The van der Waals surface area contributed by atoms with Gasteiger partial charge in [0.1, 0.15) is 43.7 Å². The van der Waals surface area contributed by atoms with E-state index in [2.05, 4.69) is 17.8 Å². The second kappa shape index (κ2) is 20.8. The number of carbonyl (C=O) groups excluding carboxylic acids is 1. The summed E-state index contributed by atoms with van der Waals surface area (Å²) < 4.78 is 41.3. The Labute approximate surface area is 362 Å². The molecule has 1 heterocycles. The number of allylic oxidation sites excluding steroid dienone is 1. The fourth-order valence-electron chi connectivity index (χ4n) is 9.75. The molecule has 6 atom stereocenters. The van der Waals surface area contributed by atoms with Crippen LogP contribution in [0.5, 0.6) is 11.5 Å². The van der Waals surface area contributed by atoms with Crippen LogP contribution in [0.4, 0.5) is 9.18 Å². The average Bonchev–Trinajstić information content (AvgIpc) is 3.28. The first-order valence-electron chi connectivity index (χ1n) is 21.3. The number of aliphatic hydroxyl groups excluding tert-OH is 2. The monoisotopic (exact) mass is 854 g/mol. The van der Waals surface area contributed by atoms with E-state index in [1.807, 2.05) is 60.7 Å². The summed E-state index contributed by atoms with van der Waals surface area (Å²) in [6, 6.07) is 25.5. The fourth-order valence-corrected chi connectivity index (χ4v) is 9.83. The summed E-state index contributed by atoms with van der Waals surface area (Å²) in [5.41, 5.74) is 3.80. The van der Waals surface area contributed by atoms with Gasteiger partial charge in [-0.3, -0.25) is 4.90 Å². The molecule has 0 unspecified atom stereocenters. The van der Waals surface area contributed by atoms with Crippen molar-refractivity contribution in [3.8, 4) is 11.5 Å². The molecule has 61 heavy (non-hydrogen) atoms. The summed E-state index contributed by atoms with van der Waals surface area (Å²) in [6.45, 7) is 4.47. The zero-order valence-electron chi connectivity index (χ0n) is 34.7. The second-order valence-electron chi connectivity index (χ2n) is 15.9. The predicted molar refractivity (Wildman–Crippen MR) is 234 cm³/mol. The van der Waals surface area contributed by atoms with Crippen LogP contribution >= 0.6 is 11.6 Å².